The fourth-order valence-electron chi connectivity index (χ4n) is 0.767. The molecule has 0 saturated heterocycles. The Morgan fingerprint density at radius 3 is 1.77 bits per heavy atom. The van der Waals surface area contributed by atoms with Crippen LogP contribution >= 0.6 is 11.3 Å². The Balaban J connectivity index is 2.63. The fraction of sp³-hybridized carbons (Fsp3) is 0. The molecule has 0 aromatic carbocycles. The van der Waals surface area contributed by atoms with Gasteiger partial charge in [0, 0.05) is 0 Å². The predicted octanol–water partition coefficient (Wildman–Crippen LogP) is -0.237. The van der Waals surface area contributed by atoms with Crippen LogP contribution in [0.4, 0.5) is 9.59 Å². The molecule has 0 aliphatic rings. The summed E-state index contributed by atoms with van der Waals surface area (Å²) >= 11 is 1.12. The Hall–Kier alpha value is -1.23. The summed E-state index contributed by atoms with van der Waals surface area (Å²) in [5.74, 6) is -2.08. The maximum absolute atomic E-state index is 10.2. The second-order valence-electron chi connectivity index (χ2n) is 2.21. The first-order valence-corrected chi connectivity index (χ1v) is 4.15. The van der Waals surface area contributed by atoms with E-state index in [-0.39, 0.29) is 0 Å². The maximum atomic E-state index is 10.2. The van der Waals surface area contributed by atoms with Crippen molar-refractivity contribution in [1.82, 2.24) is 0 Å². The van der Waals surface area contributed by atoms with Crippen LogP contribution in [0, 0.1) is 0 Å². The van der Waals surface area contributed by atoms with Crippen LogP contribution in [0.15, 0.2) is 12.1 Å². The average molecular weight is 194 g/mol. The van der Waals surface area contributed by atoms with Gasteiger partial charge in [0.25, 0.3) is 0 Å². The molecule has 0 amide bonds. The van der Waals surface area contributed by atoms with Crippen LogP contribution in [0.2, 0.25) is 0 Å². The first kappa shape index (κ1) is 9.85. The van der Waals surface area contributed by atoms with E-state index in [4.69, 9.17) is 10.2 Å². The van der Waals surface area contributed by atoms with E-state index < -0.39 is 11.7 Å². The molecule has 0 fully saturated rings. The van der Waals surface area contributed by atoms with Gasteiger partial charge < -0.3 is 10.2 Å². The van der Waals surface area contributed by atoms with E-state index in [1.54, 1.807) is 12.1 Å². The van der Waals surface area contributed by atoms with E-state index >= 15 is 0 Å². The highest BCUT2D eigenvalue weighted by molar-refractivity contribution is 7.32. The summed E-state index contributed by atoms with van der Waals surface area (Å²) in [6.07, 6.45) is 0. The molecular weight excluding hydrogens is 190 g/mol. The Bertz CT molecular complexity index is 305. The summed E-state index contributed by atoms with van der Waals surface area (Å²) in [5.41, 5.74) is 0. The number of thiophene rings is 1. The lowest BCUT2D eigenvalue weighted by Gasteiger charge is -1.86. The van der Waals surface area contributed by atoms with Crippen molar-refractivity contribution in [3.63, 3.8) is 0 Å². The van der Waals surface area contributed by atoms with Crippen LogP contribution in [-0.4, -0.2) is 36.5 Å². The van der Waals surface area contributed by atoms with Gasteiger partial charge in [-0.3, -0.25) is 9.59 Å². The van der Waals surface area contributed by atoms with Crippen molar-refractivity contribution in [1.29, 1.82) is 0 Å². The van der Waals surface area contributed by atoms with E-state index in [2.05, 4.69) is 0 Å². The smallest absolute Gasteiger partial charge is 0.312 e. The summed E-state index contributed by atoms with van der Waals surface area (Å²) in [6.45, 7) is 0. The zero-order valence-corrected chi connectivity index (χ0v) is 7.25. The Morgan fingerprint density at radius 1 is 1.08 bits per heavy atom. The molecule has 4 nitrogen and oxygen atoms in total. The highest BCUT2D eigenvalue weighted by Crippen LogP contribution is 1.90. The molecule has 0 atom stereocenters. The Morgan fingerprint density at radius 2 is 1.46 bits per heavy atom. The van der Waals surface area contributed by atoms with Crippen molar-refractivity contribution >= 4 is 47.2 Å². The van der Waals surface area contributed by atoms with Gasteiger partial charge in [0.1, 0.15) is 0 Å². The SMILES string of the molecule is O=C(O)[B]c1ccc([B]C(=O)O)s1. The van der Waals surface area contributed by atoms with Crippen LogP contribution < -0.4 is 9.55 Å². The van der Waals surface area contributed by atoms with Gasteiger partial charge in [-0.25, -0.2) is 0 Å². The molecule has 0 aliphatic heterocycles. The molecule has 0 bridgehead atoms. The van der Waals surface area contributed by atoms with Crippen molar-refractivity contribution in [3.05, 3.63) is 12.1 Å². The fourth-order valence-corrected chi connectivity index (χ4v) is 1.63. The lowest BCUT2D eigenvalue weighted by molar-refractivity contribution is 0.219. The van der Waals surface area contributed by atoms with Crippen molar-refractivity contribution in [2.45, 2.75) is 0 Å². The molecule has 1 rings (SSSR count). The zero-order chi connectivity index (χ0) is 9.84. The summed E-state index contributed by atoms with van der Waals surface area (Å²) < 4.78 is 1.06. The van der Waals surface area contributed by atoms with Crippen molar-refractivity contribution in [2.75, 3.05) is 0 Å². The first-order chi connectivity index (χ1) is 6.08. The molecule has 0 spiro atoms. The molecule has 7 heteroatoms. The minimum absolute atomic E-state index is 0.528. The van der Waals surface area contributed by atoms with Gasteiger partial charge >= 0.3 is 14.6 Å². The van der Waals surface area contributed by atoms with E-state index in [0.717, 1.165) is 25.9 Å². The van der Waals surface area contributed by atoms with Gasteiger partial charge in [0.2, 0.25) is 11.7 Å². The number of hydrogen-bond donors (Lipinski definition) is 2. The summed E-state index contributed by atoms with van der Waals surface area (Å²) in [7, 11) is 2.06. The van der Waals surface area contributed by atoms with Gasteiger partial charge in [-0.2, -0.15) is 11.3 Å². The molecule has 0 aliphatic carbocycles. The summed E-state index contributed by atoms with van der Waals surface area (Å²) in [5, 5.41) is 16.8. The second kappa shape index (κ2) is 4.13. The third-order valence-electron chi connectivity index (χ3n) is 1.18. The lowest BCUT2D eigenvalue weighted by Crippen LogP contribution is -2.21. The molecular formula is C6H4B2O4S. The average Bonchev–Trinajstić information content (AvgIpc) is 2.33. The molecule has 2 N–H and O–H groups in total. The monoisotopic (exact) mass is 194 g/mol. The van der Waals surface area contributed by atoms with Crippen LogP contribution in [0.1, 0.15) is 0 Å². The lowest BCUT2D eigenvalue weighted by atomic mass is 9.76. The van der Waals surface area contributed by atoms with E-state index in [1.807, 2.05) is 0 Å². The normalized spacial score (nSPS) is 9.23. The number of rotatable bonds is 4. The largest absolute Gasteiger partial charge is 0.489 e. The highest BCUT2D eigenvalue weighted by Gasteiger charge is 2.10. The quantitative estimate of drug-likeness (QED) is 0.648. The summed E-state index contributed by atoms with van der Waals surface area (Å²) in [6, 6.07) is 3.13. The molecule has 64 valence electrons. The van der Waals surface area contributed by atoms with E-state index in [9.17, 15) is 9.59 Å². The van der Waals surface area contributed by atoms with Gasteiger partial charge in [0.05, 0.1) is 0 Å². The topological polar surface area (TPSA) is 74.6 Å². The molecule has 1 heterocycles. The van der Waals surface area contributed by atoms with E-state index in [0.29, 0.717) is 9.55 Å². The van der Waals surface area contributed by atoms with Crippen molar-refractivity contribution in [2.24, 2.45) is 0 Å². The maximum Gasteiger partial charge on any atom is 0.312 e. The van der Waals surface area contributed by atoms with Crippen molar-refractivity contribution in [3.8, 4) is 0 Å². The second-order valence-corrected chi connectivity index (χ2v) is 3.35. The molecule has 1 aromatic rings. The van der Waals surface area contributed by atoms with Gasteiger partial charge in [-0.1, -0.05) is 12.1 Å². The highest BCUT2D eigenvalue weighted by atomic mass is 32.1. The minimum Gasteiger partial charge on any atom is -0.489 e. The number of hydrogen-bond acceptors (Lipinski definition) is 3. The molecule has 1 aromatic heterocycles. The number of carbonyl (C=O) groups is 2. The number of carboxylic acid groups (broad SMARTS) is 2. The van der Waals surface area contributed by atoms with Gasteiger partial charge in [-0.15, -0.1) is 0 Å². The van der Waals surface area contributed by atoms with E-state index in [1.165, 1.54) is 0 Å². The van der Waals surface area contributed by atoms with Crippen molar-refractivity contribution < 1.29 is 19.8 Å². The van der Waals surface area contributed by atoms with Crippen LogP contribution in [0.5, 0.6) is 0 Å². The minimum atomic E-state index is -1.04. The van der Waals surface area contributed by atoms with Gasteiger partial charge in [0.15, 0.2) is 0 Å². The van der Waals surface area contributed by atoms with Crippen LogP contribution in [0.25, 0.3) is 0 Å². The summed E-state index contributed by atoms with van der Waals surface area (Å²) in [4.78, 5) is 20.4. The van der Waals surface area contributed by atoms with Gasteiger partial charge in [-0.05, 0) is 9.55 Å². The standard InChI is InChI=1S/C6H4B2O4S/c9-5(10)7-3-1-2-4(13-3)8-6(11)12/h1-2H,(H,9,10)(H,11,12). The molecule has 13 heavy (non-hydrogen) atoms. The third kappa shape index (κ3) is 3.33. The third-order valence-corrected chi connectivity index (χ3v) is 2.16. The predicted molar refractivity (Wildman–Crippen MR) is 51.1 cm³/mol. The molecule has 0 unspecified atom stereocenters. The van der Waals surface area contributed by atoms with Crippen LogP contribution in [0.3, 0.4) is 0 Å². The molecule has 0 saturated carbocycles. The zero-order valence-electron chi connectivity index (χ0n) is 6.43. The molecule has 2 radical (unpaired) electrons. The Kier molecular flexibility index (Phi) is 3.13. The Labute approximate surface area is 79.7 Å². The van der Waals surface area contributed by atoms with Crippen LogP contribution in [-0.2, 0) is 0 Å². The first-order valence-electron chi connectivity index (χ1n) is 3.33.